The Morgan fingerprint density at radius 2 is 1.90 bits per heavy atom. The third-order valence-corrected chi connectivity index (χ3v) is 4.67. The first-order valence-electron chi connectivity index (χ1n) is 8.14. The molecule has 0 unspecified atom stereocenters. The molecule has 2 saturated carbocycles. The van der Waals surface area contributed by atoms with Crippen molar-refractivity contribution >= 4 is 0 Å². The molecule has 1 aromatic rings. The lowest BCUT2D eigenvalue weighted by Crippen LogP contribution is -2.32. The molecule has 3 nitrogen and oxygen atoms in total. The van der Waals surface area contributed by atoms with Gasteiger partial charge in [0.25, 0.3) is 5.56 Å². The Hall–Kier alpha value is -1.09. The van der Waals surface area contributed by atoms with Crippen LogP contribution in [-0.2, 0) is 6.54 Å². The molecule has 0 aliphatic heterocycles. The van der Waals surface area contributed by atoms with E-state index in [2.05, 4.69) is 29.8 Å². The van der Waals surface area contributed by atoms with Crippen molar-refractivity contribution in [3.63, 3.8) is 0 Å². The highest BCUT2D eigenvalue weighted by Gasteiger charge is 2.24. The number of nitrogens with one attached hydrogen (secondary N) is 1. The lowest BCUT2D eigenvalue weighted by atomic mass is 10.1. The summed E-state index contributed by atoms with van der Waals surface area (Å²) in [6.07, 6.45) is 7.39. The highest BCUT2D eigenvalue weighted by molar-refractivity contribution is 5.20. The van der Waals surface area contributed by atoms with Crippen LogP contribution in [0.25, 0.3) is 0 Å². The van der Waals surface area contributed by atoms with Crippen LogP contribution in [0.2, 0.25) is 0 Å². The predicted octanol–water partition coefficient (Wildman–Crippen LogP) is 3.34. The molecule has 110 valence electrons. The van der Waals surface area contributed by atoms with Crippen LogP contribution in [0.3, 0.4) is 0 Å². The summed E-state index contributed by atoms with van der Waals surface area (Å²) in [6, 6.07) is 5.30. The molecule has 0 atom stereocenters. The zero-order chi connectivity index (χ0) is 14.1. The number of nitrogens with zero attached hydrogens (tertiary/aromatic N) is 1. The van der Waals surface area contributed by atoms with Crippen molar-refractivity contribution in [2.75, 3.05) is 0 Å². The zero-order valence-corrected chi connectivity index (χ0v) is 12.7. The van der Waals surface area contributed by atoms with Gasteiger partial charge in [-0.05, 0) is 37.7 Å². The average molecular weight is 274 g/mol. The molecule has 2 fully saturated rings. The standard InChI is InChI=1S/C17H26N2O/c1-12(2)16-10-7-13(11-18-14-8-9-14)17(20)19(16)15-5-3-4-6-15/h7,10,12,14-15,18H,3-6,8-9,11H2,1-2H3. The topological polar surface area (TPSA) is 34.0 Å². The predicted molar refractivity (Wildman–Crippen MR) is 82.2 cm³/mol. The van der Waals surface area contributed by atoms with E-state index in [0.29, 0.717) is 18.0 Å². The van der Waals surface area contributed by atoms with Crippen molar-refractivity contribution in [3.8, 4) is 0 Å². The fourth-order valence-corrected chi connectivity index (χ4v) is 3.30. The summed E-state index contributed by atoms with van der Waals surface area (Å²) in [6.45, 7) is 5.10. The first kappa shape index (κ1) is 13.9. The monoisotopic (exact) mass is 274 g/mol. The highest BCUT2D eigenvalue weighted by Crippen LogP contribution is 2.31. The second-order valence-electron chi connectivity index (χ2n) is 6.71. The van der Waals surface area contributed by atoms with E-state index in [1.54, 1.807) is 0 Å². The molecule has 2 aliphatic carbocycles. The minimum absolute atomic E-state index is 0.247. The molecular weight excluding hydrogens is 248 g/mol. The smallest absolute Gasteiger partial charge is 0.255 e. The van der Waals surface area contributed by atoms with Crippen LogP contribution in [0.5, 0.6) is 0 Å². The van der Waals surface area contributed by atoms with E-state index < -0.39 is 0 Å². The molecule has 0 aromatic carbocycles. The Morgan fingerprint density at radius 3 is 2.50 bits per heavy atom. The summed E-state index contributed by atoms with van der Waals surface area (Å²) in [5.74, 6) is 0.411. The Labute approximate surface area is 121 Å². The summed E-state index contributed by atoms with van der Waals surface area (Å²) in [4.78, 5) is 12.8. The SMILES string of the molecule is CC(C)c1ccc(CNC2CC2)c(=O)n1C1CCCC1. The minimum atomic E-state index is 0.247. The van der Waals surface area contributed by atoms with Crippen molar-refractivity contribution in [2.45, 2.75) is 76.9 Å². The average Bonchev–Trinajstić information content (AvgIpc) is 3.09. The molecule has 0 saturated heterocycles. The number of hydrogen-bond donors (Lipinski definition) is 1. The van der Waals surface area contributed by atoms with Gasteiger partial charge in [-0.25, -0.2) is 0 Å². The molecular formula is C17H26N2O. The first-order chi connectivity index (χ1) is 9.66. The highest BCUT2D eigenvalue weighted by atomic mass is 16.1. The van der Waals surface area contributed by atoms with Crippen molar-refractivity contribution in [2.24, 2.45) is 0 Å². The summed E-state index contributed by atoms with van der Waals surface area (Å²) < 4.78 is 2.11. The van der Waals surface area contributed by atoms with Gasteiger partial charge in [-0.3, -0.25) is 4.79 Å². The largest absolute Gasteiger partial charge is 0.310 e. The molecule has 20 heavy (non-hydrogen) atoms. The van der Waals surface area contributed by atoms with Crippen LogP contribution >= 0.6 is 0 Å². The van der Waals surface area contributed by atoms with Crippen molar-refractivity contribution in [1.29, 1.82) is 0 Å². The van der Waals surface area contributed by atoms with Gasteiger partial charge in [0.2, 0.25) is 0 Å². The van der Waals surface area contributed by atoms with E-state index in [0.717, 1.165) is 12.1 Å². The molecule has 0 radical (unpaired) electrons. The third-order valence-electron chi connectivity index (χ3n) is 4.67. The lowest BCUT2D eigenvalue weighted by molar-refractivity contribution is 0.468. The normalized spacial score (nSPS) is 19.9. The van der Waals surface area contributed by atoms with Crippen LogP contribution < -0.4 is 10.9 Å². The maximum atomic E-state index is 12.8. The van der Waals surface area contributed by atoms with Crippen LogP contribution in [0.1, 0.15) is 75.6 Å². The fourth-order valence-electron chi connectivity index (χ4n) is 3.30. The Kier molecular flexibility index (Phi) is 3.97. The number of aromatic nitrogens is 1. The van der Waals surface area contributed by atoms with E-state index >= 15 is 0 Å². The maximum absolute atomic E-state index is 12.8. The Bertz CT molecular complexity index is 522. The minimum Gasteiger partial charge on any atom is -0.310 e. The van der Waals surface area contributed by atoms with Crippen LogP contribution in [0, 0.1) is 0 Å². The van der Waals surface area contributed by atoms with Gasteiger partial charge in [0.1, 0.15) is 0 Å². The summed E-state index contributed by atoms with van der Waals surface area (Å²) in [5.41, 5.74) is 2.39. The van der Waals surface area contributed by atoms with Crippen molar-refractivity contribution in [3.05, 3.63) is 33.7 Å². The summed E-state index contributed by atoms with van der Waals surface area (Å²) >= 11 is 0. The van der Waals surface area contributed by atoms with Gasteiger partial charge < -0.3 is 9.88 Å². The maximum Gasteiger partial charge on any atom is 0.255 e. The first-order valence-corrected chi connectivity index (χ1v) is 8.14. The fraction of sp³-hybridized carbons (Fsp3) is 0.706. The quantitative estimate of drug-likeness (QED) is 0.893. The number of rotatable bonds is 5. The lowest BCUT2D eigenvalue weighted by Gasteiger charge is -2.22. The molecule has 3 rings (SSSR count). The summed E-state index contributed by atoms with van der Waals surface area (Å²) in [5, 5.41) is 3.47. The van der Waals surface area contributed by atoms with Crippen molar-refractivity contribution < 1.29 is 0 Å². The Balaban J connectivity index is 1.92. The number of hydrogen-bond acceptors (Lipinski definition) is 2. The molecule has 1 N–H and O–H groups in total. The number of pyridine rings is 1. The van der Waals surface area contributed by atoms with Gasteiger partial charge in [-0.2, -0.15) is 0 Å². The third kappa shape index (κ3) is 2.83. The van der Waals surface area contributed by atoms with Crippen LogP contribution in [0.4, 0.5) is 0 Å². The van der Waals surface area contributed by atoms with Gasteiger partial charge in [0.05, 0.1) is 0 Å². The van der Waals surface area contributed by atoms with Gasteiger partial charge in [-0.1, -0.05) is 32.8 Å². The van der Waals surface area contributed by atoms with Gasteiger partial charge >= 0.3 is 0 Å². The van der Waals surface area contributed by atoms with E-state index in [-0.39, 0.29) is 5.56 Å². The summed E-state index contributed by atoms with van der Waals surface area (Å²) in [7, 11) is 0. The molecule has 2 aliphatic rings. The van der Waals surface area contributed by atoms with E-state index in [1.165, 1.54) is 44.2 Å². The molecule has 3 heteroatoms. The zero-order valence-electron chi connectivity index (χ0n) is 12.7. The van der Waals surface area contributed by atoms with Gasteiger partial charge in [0.15, 0.2) is 0 Å². The molecule has 1 aromatic heterocycles. The van der Waals surface area contributed by atoms with Crippen LogP contribution in [0.15, 0.2) is 16.9 Å². The van der Waals surface area contributed by atoms with Crippen molar-refractivity contribution in [1.82, 2.24) is 9.88 Å². The molecule has 0 bridgehead atoms. The molecule has 0 amide bonds. The van der Waals surface area contributed by atoms with E-state index in [4.69, 9.17) is 0 Å². The van der Waals surface area contributed by atoms with Gasteiger partial charge in [-0.15, -0.1) is 0 Å². The van der Waals surface area contributed by atoms with Gasteiger partial charge in [0, 0.05) is 29.9 Å². The second kappa shape index (κ2) is 5.72. The van der Waals surface area contributed by atoms with E-state index in [9.17, 15) is 4.79 Å². The van der Waals surface area contributed by atoms with E-state index in [1.807, 2.05) is 6.07 Å². The molecule has 0 spiro atoms. The Morgan fingerprint density at radius 1 is 1.20 bits per heavy atom. The second-order valence-corrected chi connectivity index (χ2v) is 6.71. The van der Waals surface area contributed by atoms with Crippen LogP contribution in [-0.4, -0.2) is 10.6 Å². The molecule has 1 heterocycles.